The number of ether oxygens (including phenoxy) is 4. The standard InChI is InChI=1S/C23H28N4O6/c1-16-24-19-8-5-4-7-18(19)23(25-16)27(14-32-15-30-2)17-10-11-20(31-3)21(13-17)33-12-6-9-22(28)26-29/h4-5,7-8,10-11,13,29H,6,9,12,14-15H2,1-3H3,(H,26,28). The highest BCUT2D eigenvalue weighted by Crippen LogP contribution is 2.36. The summed E-state index contributed by atoms with van der Waals surface area (Å²) < 4.78 is 22.0. The minimum atomic E-state index is -0.466. The van der Waals surface area contributed by atoms with Crippen LogP contribution in [0.2, 0.25) is 0 Å². The summed E-state index contributed by atoms with van der Waals surface area (Å²) in [6, 6.07) is 13.3. The summed E-state index contributed by atoms with van der Waals surface area (Å²) in [5.41, 5.74) is 3.20. The molecule has 3 rings (SSSR count). The van der Waals surface area contributed by atoms with Gasteiger partial charge in [0.1, 0.15) is 25.2 Å². The summed E-state index contributed by atoms with van der Waals surface area (Å²) in [6.07, 6.45) is 0.567. The average molecular weight is 456 g/mol. The van der Waals surface area contributed by atoms with E-state index in [0.29, 0.717) is 29.6 Å². The lowest BCUT2D eigenvalue weighted by molar-refractivity contribution is -0.129. The molecule has 10 heteroatoms. The molecule has 1 amide bonds. The molecule has 0 saturated heterocycles. The number of hydrogen-bond acceptors (Lipinski definition) is 9. The smallest absolute Gasteiger partial charge is 0.243 e. The zero-order valence-corrected chi connectivity index (χ0v) is 18.9. The number of aromatic nitrogens is 2. The minimum Gasteiger partial charge on any atom is -0.493 e. The van der Waals surface area contributed by atoms with Crippen LogP contribution < -0.4 is 19.9 Å². The number of hydroxylamine groups is 1. The molecule has 0 aliphatic rings. The number of aryl methyl sites for hydroxylation is 1. The van der Waals surface area contributed by atoms with Crippen molar-refractivity contribution in [3.63, 3.8) is 0 Å². The average Bonchev–Trinajstić information content (AvgIpc) is 2.83. The van der Waals surface area contributed by atoms with Crippen LogP contribution in [-0.2, 0) is 14.3 Å². The first-order chi connectivity index (χ1) is 16.1. The largest absolute Gasteiger partial charge is 0.493 e. The van der Waals surface area contributed by atoms with Crippen molar-refractivity contribution in [1.29, 1.82) is 0 Å². The molecule has 0 fully saturated rings. The number of benzene rings is 2. The molecule has 2 aromatic carbocycles. The monoisotopic (exact) mass is 456 g/mol. The number of anilines is 2. The second kappa shape index (κ2) is 12.0. The summed E-state index contributed by atoms with van der Waals surface area (Å²) in [7, 11) is 3.12. The van der Waals surface area contributed by atoms with Gasteiger partial charge in [-0.2, -0.15) is 0 Å². The van der Waals surface area contributed by atoms with Crippen molar-refractivity contribution in [2.24, 2.45) is 0 Å². The number of fused-ring (bicyclic) bond motifs is 1. The molecule has 1 aromatic heterocycles. The van der Waals surface area contributed by atoms with Crippen LogP contribution in [-0.4, -0.2) is 55.4 Å². The van der Waals surface area contributed by atoms with Crippen molar-refractivity contribution in [2.75, 3.05) is 39.3 Å². The van der Waals surface area contributed by atoms with Crippen LogP contribution in [0.15, 0.2) is 42.5 Å². The summed E-state index contributed by atoms with van der Waals surface area (Å²) in [4.78, 5) is 22.3. The zero-order chi connectivity index (χ0) is 23.6. The Morgan fingerprint density at radius 2 is 1.94 bits per heavy atom. The highest BCUT2D eigenvalue weighted by atomic mass is 16.7. The highest BCUT2D eigenvalue weighted by molar-refractivity contribution is 5.91. The van der Waals surface area contributed by atoms with Gasteiger partial charge in [0.15, 0.2) is 11.5 Å². The van der Waals surface area contributed by atoms with Gasteiger partial charge in [0.05, 0.1) is 19.2 Å². The van der Waals surface area contributed by atoms with Crippen molar-refractivity contribution in [3.8, 4) is 11.5 Å². The molecule has 0 saturated carbocycles. The van der Waals surface area contributed by atoms with Gasteiger partial charge >= 0.3 is 0 Å². The third-order valence-corrected chi connectivity index (χ3v) is 4.76. The van der Waals surface area contributed by atoms with E-state index < -0.39 is 5.91 Å². The molecule has 33 heavy (non-hydrogen) atoms. The Hall–Kier alpha value is -3.47. The summed E-state index contributed by atoms with van der Waals surface area (Å²) in [6.45, 7) is 2.40. The summed E-state index contributed by atoms with van der Waals surface area (Å²) in [5, 5.41) is 9.50. The molecular formula is C23H28N4O6. The van der Waals surface area contributed by atoms with E-state index in [0.717, 1.165) is 16.6 Å². The number of hydrogen-bond donors (Lipinski definition) is 2. The Morgan fingerprint density at radius 3 is 2.70 bits per heavy atom. The van der Waals surface area contributed by atoms with Crippen molar-refractivity contribution in [1.82, 2.24) is 15.4 Å². The van der Waals surface area contributed by atoms with E-state index in [-0.39, 0.29) is 26.6 Å². The number of methoxy groups -OCH3 is 2. The van der Waals surface area contributed by atoms with E-state index in [4.69, 9.17) is 24.2 Å². The SMILES string of the molecule is COCOCN(c1ccc(OC)c(OCCCC(=O)NO)c1)c1nc(C)nc2ccccc12. The van der Waals surface area contributed by atoms with Crippen molar-refractivity contribution in [2.45, 2.75) is 19.8 Å². The molecule has 0 aliphatic heterocycles. The van der Waals surface area contributed by atoms with Crippen LogP contribution in [0.3, 0.4) is 0 Å². The molecule has 0 radical (unpaired) electrons. The Labute approximate surface area is 192 Å². The molecule has 0 unspecified atom stereocenters. The van der Waals surface area contributed by atoms with E-state index in [1.165, 1.54) is 0 Å². The van der Waals surface area contributed by atoms with E-state index in [1.54, 1.807) is 25.8 Å². The maximum Gasteiger partial charge on any atom is 0.243 e. The number of nitrogens with one attached hydrogen (secondary N) is 1. The fourth-order valence-corrected chi connectivity index (χ4v) is 3.27. The minimum absolute atomic E-state index is 0.116. The molecule has 0 bridgehead atoms. The number of carbonyl (C=O) groups is 1. The Kier molecular flexibility index (Phi) is 8.76. The molecular weight excluding hydrogens is 428 g/mol. The van der Waals surface area contributed by atoms with E-state index in [1.807, 2.05) is 48.2 Å². The van der Waals surface area contributed by atoms with E-state index in [9.17, 15) is 4.79 Å². The van der Waals surface area contributed by atoms with Gasteiger partial charge in [-0.1, -0.05) is 12.1 Å². The summed E-state index contributed by atoms with van der Waals surface area (Å²) in [5.74, 6) is 1.90. The number of carbonyl (C=O) groups excluding carboxylic acids is 1. The second-order valence-corrected chi connectivity index (χ2v) is 7.10. The molecule has 176 valence electrons. The van der Waals surface area contributed by atoms with Gasteiger partial charge in [-0.05, 0) is 37.6 Å². The first kappa shape index (κ1) is 24.2. The van der Waals surface area contributed by atoms with Gasteiger partial charge in [-0.25, -0.2) is 15.4 Å². The van der Waals surface area contributed by atoms with Gasteiger partial charge in [0.25, 0.3) is 0 Å². The lowest BCUT2D eigenvalue weighted by Crippen LogP contribution is -2.23. The number of para-hydroxylation sites is 1. The normalized spacial score (nSPS) is 10.8. The number of nitrogens with zero attached hydrogens (tertiary/aromatic N) is 3. The van der Waals surface area contributed by atoms with Gasteiger partial charge in [-0.3, -0.25) is 10.0 Å². The lowest BCUT2D eigenvalue weighted by atomic mass is 10.2. The van der Waals surface area contributed by atoms with Crippen LogP contribution in [0.1, 0.15) is 18.7 Å². The Bertz CT molecular complexity index is 1080. The number of amides is 1. The molecule has 0 atom stereocenters. The molecule has 2 N–H and O–H groups in total. The van der Waals surface area contributed by atoms with E-state index in [2.05, 4.69) is 9.97 Å². The summed E-state index contributed by atoms with van der Waals surface area (Å²) >= 11 is 0. The molecule has 10 nitrogen and oxygen atoms in total. The number of rotatable bonds is 12. The van der Waals surface area contributed by atoms with Crippen molar-refractivity contribution >= 4 is 28.3 Å². The van der Waals surface area contributed by atoms with Gasteiger partial charge < -0.3 is 23.8 Å². The van der Waals surface area contributed by atoms with Crippen LogP contribution >= 0.6 is 0 Å². The molecule has 0 spiro atoms. The quantitative estimate of drug-likeness (QED) is 0.183. The maximum absolute atomic E-state index is 11.2. The molecule has 3 aromatic rings. The van der Waals surface area contributed by atoms with E-state index >= 15 is 0 Å². The zero-order valence-electron chi connectivity index (χ0n) is 18.9. The maximum atomic E-state index is 11.2. The first-order valence-corrected chi connectivity index (χ1v) is 10.4. The van der Waals surface area contributed by atoms with Crippen LogP contribution in [0.25, 0.3) is 10.9 Å². The van der Waals surface area contributed by atoms with Gasteiger partial charge in [-0.15, -0.1) is 0 Å². The Balaban J connectivity index is 1.95. The van der Waals surface area contributed by atoms with Crippen LogP contribution in [0.5, 0.6) is 11.5 Å². The predicted octanol–water partition coefficient (Wildman–Crippen LogP) is 3.33. The fourth-order valence-electron chi connectivity index (χ4n) is 3.27. The highest BCUT2D eigenvalue weighted by Gasteiger charge is 2.18. The van der Waals surface area contributed by atoms with Crippen molar-refractivity contribution < 1.29 is 28.9 Å². The Morgan fingerprint density at radius 1 is 1.12 bits per heavy atom. The van der Waals surface area contributed by atoms with Crippen molar-refractivity contribution in [3.05, 3.63) is 48.3 Å². The fraction of sp³-hybridized carbons (Fsp3) is 0.348. The lowest BCUT2D eigenvalue weighted by Gasteiger charge is -2.26. The predicted molar refractivity (Wildman–Crippen MR) is 122 cm³/mol. The second-order valence-electron chi connectivity index (χ2n) is 7.10. The third-order valence-electron chi connectivity index (χ3n) is 4.76. The molecule has 1 heterocycles. The van der Waals surface area contributed by atoms with Gasteiger partial charge in [0, 0.05) is 30.7 Å². The van der Waals surface area contributed by atoms with Crippen LogP contribution in [0.4, 0.5) is 11.5 Å². The third kappa shape index (κ3) is 6.28. The topological polar surface area (TPSA) is 115 Å². The van der Waals surface area contributed by atoms with Crippen LogP contribution in [0, 0.1) is 6.92 Å². The molecule has 0 aliphatic carbocycles. The first-order valence-electron chi connectivity index (χ1n) is 10.4. The van der Waals surface area contributed by atoms with Gasteiger partial charge in [0.2, 0.25) is 5.91 Å².